The Morgan fingerprint density at radius 2 is 2.00 bits per heavy atom. The number of rotatable bonds is 6. The first kappa shape index (κ1) is 27.4. The Hall–Kier alpha value is -4.15. The van der Waals surface area contributed by atoms with Crippen LogP contribution in [-0.2, 0) is 6.18 Å². The van der Waals surface area contributed by atoms with Crippen LogP contribution in [0.3, 0.4) is 0 Å². The van der Waals surface area contributed by atoms with Gasteiger partial charge in [-0.05, 0) is 63.3 Å². The summed E-state index contributed by atoms with van der Waals surface area (Å²) in [5.41, 5.74) is 0.758. The van der Waals surface area contributed by atoms with Crippen LogP contribution >= 0.6 is 0 Å². The van der Waals surface area contributed by atoms with Gasteiger partial charge in [0.25, 0.3) is 5.91 Å². The fourth-order valence-electron chi connectivity index (χ4n) is 5.48. The highest BCUT2D eigenvalue weighted by molar-refractivity contribution is 5.97. The van der Waals surface area contributed by atoms with E-state index in [1.165, 1.54) is 18.3 Å². The minimum absolute atomic E-state index is 0.0790. The third kappa shape index (κ3) is 5.45. The molecule has 4 aromatic rings. The highest BCUT2D eigenvalue weighted by atomic mass is 19.4. The van der Waals surface area contributed by atoms with Crippen molar-refractivity contribution < 1.29 is 22.4 Å². The Balaban J connectivity index is 1.38. The molecule has 1 fully saturated rings. The normalized spacial score (nSPS) is 19.4. The van der Waals surface area contributed by atoms with E-state index in [9.17, 15) is 22.4 Å². The first-order valence-corrected chi connectivity index (χ1v) is 13.0. The molecule has 1 saturated carbocycles. The lowest BCUT2D eigenvalue weighted by Gasteiger charge is -2.39. The number of nitrogens with zero attached hydrogens (tertiary/aromatic N) is 2. The molecular weight excluding hydrogens is 524 g/mol. The third-order valence-corrected chi connectivity index (χ3v) is 7.50. The summed E-state index contributed by atoms with van der Waals surface area (Å²) in [5.74, 6) is -0.841. The van der Waals surface area contributed by atoms with E-state index in [0.29, 0.717) is 29.5 Å². The summed E-state index contributed by atoms with van der Waals surface area (Å²) in [6.45, 7) is 3.79. The number of nitrogens with one attached hydrogen (secondary N) is 4. The molecule has 2 aromatic carbocycles. The van der Waals surface area contributed by atoms with E-state index < -0.39 is 29.0 Å². The Kier molecular flexibility index (Phi) is 7.16. The van der Waals surface area contributed by atoms with E-state index >= 15 is 0 Å². The van der Waals surface area contributed by atoms with Crippen molar-refractivity contribution in [1.82, 2.24) is 20.3 Å². The first-order chi connectivity index (χ1) is 19.0. The van der Waals surface area contributed by atoms with Crippen molar-refractivity contribution in [2.24, 2.45) is 0 Å². The molecule has 2 atom stereocenters. The number of amides is 1. The Labute approximate surface area is 228 Å². The molecule has 7 nitrogen and oxygen atoms in total. The summed E-state index contributed by atoms with van der Waals surface area (Å²) < 4.78 is 56.1. The average Bonchev–Trinajstić information content (AvgIpc) is 3.33. The standard InChI is InChI=1S/C29H30F4N6O/c1-16-6-4-8-19-20(14-35-24(16)19)25-21(29(31,32)33)15-36-27(38-25)37-18-7-5-11-28(2,13-18)39-26(40)17-9-10-23(34-3)22(30)12-17/h4,6,8-10,12,14-15,18,34-35H,5,7,11,13H2,1-3H3,(H,39,40)(H,36,37,38)/t18-,28+/m1/s1. The molecule has 1 amide bonds. The average molecular weight is 555 g/mol. The first-order valence-electron chi connectivity index (χ1n) is 13.0. The largest absolute Gasteiger partial charge is 0.419 e. The van der Waals surface area contributed by atoms with Gasteiger partial charge in [0.05, 0.1) is 11.4 Å². The van der Waals surface area contributed by atoms with Crippen LogP contribution in [0.15, 0.2) is 48.8 Å². The van der Waals surface area contributed by atoms with Crippen molar-refractivity contribution in [3.63, 3.8) is 0 Å². The number of fused-ring (bicyclic) bond motifs is 1. The SMILES string of the molecule is CNc1ccc(C(=O)N[C@@]2(C)CCC[C@@H](Nc3ncc(C(F)(F)F)c(-c4c[nH]c5c(C)cccc45)n3)C2)cc1F. The highest BCUT2D eigenvalue weighted by Crippen LogP contribution is 2.39. The number of para-hydroxylation sites is 1. The fraction of sp³-hybridized carbons (Fsp3) is 0.345. The number of carbonyl (C=O) groups excluding carboxylic acids is 1. The molecule has 11 heteroatoms. The second kappa shape index (κ2) is 10.4. The Bertz CT molecular complexity index is 1570. The van der Waals surface area contributed by atoms with E-state index in [-0.39, 0.29) is 23.2 Å². The van der Waals surface area contributed by atoms with Crippen LogP contribution in [0.2, 0.25) is 0 Å². The monoisotopic (exact) mass is 554 g/mol. The molecule has 0 radical (unpaired) electrons. The lowest BCUT2D eigenvalue weighted by atomic mass is 9.80. The second-order valence-corrected chi connectivity index (χ2v) is 10.6. The van der Waals surface area contributed by atoms with Crippen molar-refractivity contribution in [2.75, 3.05) is 17.7 Å². The van der Waals surface area contributed by atoms with Crippen LogP contribution in [0.25, 0.3) is 22.2 Å². The van der Waals surface area contributed by atoms with Gasteiger partial charge in [-0.2, -0.15) is 13.2 Å². The molecule has 0 bridgehead atoms. The number of hydrogen-bond acceptors (Lipinski definition) is 5. The summed E-state index contributed by atoms with van der Waals surface area (Å²) in [6.07, 6.45) is 0.383. The molecule has 1 aliphatic carbocycles. The second-order valence-electron chi connectivity index (χ2n) is 10.6. The van der Waals surface area contributed by atoms with Crippen molar-refractivity contribution >= 4 is 28.4 Å². The van der Waals surface area contributed by atoms with Gasteiger partial charge in [0.1, 0.15) is 11.4 Å². The predicted octanol–water partition coefficient (Wildman–Crippen LogP) is 6.68. The van der Waals surface area contributed by atoms with Crippen molar-refractivity contribution in [3.8, 4) is 11.3 Å². The summed E-state index contributed by atoms with van der Waals surface area (Å²) in [4.78, 5) is 24.3. The van der Waals surface area contributed by atoms with Crippen molar-refractivity contribution in [1.29, 1.82) is 0 Å². The van der Waals surface area contributed by atoms with Gasteiger partial charge in [-0.25, -0.2) is 14.4 Å². The molecule has 0 aliphatic heterocycles. The molecule has 5 rings (SSSR count). The lowest BCUT2D eigenvalue weighted by Crippen LogP contribution is -2.51. The van der Waals surface area contributed by atoms with Gasteiger partial charge < -0.3 is 20.9 Å². The molecule has 210 valence electrons. The number of benzene rings is 2. The van der Waals surface area contributed by atoms with Crippen LogP contribution in [0.4, 0.5) is 29.2 Å². The van der Waals surface area contributed by atoms with E-state index in [2.05, 4.69) is 30.9 Å². The quantitative estimate of drug-likeness (QED) is 0.200. The minimum atomic E-state index is -4.64. The van der Waals surface area contributed by atoms with Gasteiger partial charge in [-0.3, -0.25) is 4.79 Å². The molecule has 1 aliphatic rings. The summed E-state index contributed by atoms with van der Waals surface area (Å²) in [7, 11) is 1.60. The van der Waals surface area contributed by atoms with Gasteiger partial charge in [-0.1, -0.05) is 18.2 Å². The molecular formula is C29H30F4N6O. The van der Waals surface area contributed by atoms with Gasteiger partial charge in [0, 0.05) is 53.1 Å². The summed E-state index contributed by atoms with van der Waals surface area (Å²) >= 11 is 0. The maximum atomic E-state index is 14.2. The number of aryl methyl sites for hydroxylation is 1. The molecule has 4 N–H and O–H groups in total. The third-order valence-electron chi connectivity index (χ3n) is 7.50. The Morgan fingerprint density at radius 1 is 1.20 bits per heavy atom. The molecule has 40 heavy (non-hydrogen) atoms. The lowest BCUT2D eigenvalue weighted by molar-refractivity contribution is -0.137. The number of alkyl halides is 3. The molecule has 0 saturated heterocycles. The van der Waals surface area contributed by atoms with Gasteiger partial charge >= 0.3 is 6.18 Å². The zero-order valence-electron chi connectivity index (χ0n) is 22.3. The number of aromatic amines is 1. The van der Waals surface area contributed by atoms with Crippen LogP contribution in [0.5, 0.6) is 0 Å². The number of H-pyrrole nitrogens is 1. The highest BCUT2D eigenvalue weighted by Gasteiger charge is 2.37. The number of anilines is 2. The molecule has 2 heterocycles. The maximum absolute atomic E-state index is 14.2. The van der Waals surface area contributed by atoms with Crippen LogP contribution in [0.1, 0.15) is 54.1 Å². The number of carbonyl (C=O) groups is 1. The van der Waals surface area contributed by atoms with E-state index in [1.54, 1.807) is 25.2 Å². The Morgan fingerprint density at radius 3 is 2.73 bits per heavy atom. The smallest absolute Gasteiger partial charge is 0.386 e. The van der Waals surface area contributed by atoms with Gasteiger partial charge in [0.2, 0.25) is 5.95 Å². The molecule has 0 spiro atoms. The number of hydrogen-bond donors (Lipinski definition) is 4. The number of halogens is 4. The predicted molar refractivity (Wildman–Crippen MR) is 147 cm³/mol. The van der Waals surface area contributed by atoms with E-state index in [1.807, 2.05) is 19.9 Å². The topological polar surface area (TPSA) is 94.7 Å². The zero-order valence-corrected chi connectivity index (χ0v) is 22.3. The van der Waals surface area contributed by atoms with Crippen LogP contribution in [0, 0.1) is 12.7 Å². The van der Waals surface area contributed by atoms with E-state index in [4.69, 9.17) is 0 Å². The van der Waals surface area contributed by atoms with Crippen molar-refractivity contribution in [2.45, 2.75) is 57.3 Å². The van der Waals surface area contributed by atoms with Gasteiger partial charge in [-0.15, -0.1) is 0 Å². The molecule has 0 unspecified atom stereocenters. The molecule has 2 aromatic heterocycles. The van der Waals surface area contributed by atoms with Gasteiger partial charge in [0.15, 0.2) is 0 Å². The maximum Gasteiger partial charge on any atom is 0.419 e. The van der Waals surface area contributed by atoms with Crippen LogP contribution in [-0.4, -0.2) is 39.5 Å². The fourth-order valence-corrected chi connectivity index (χ4v) is 5.48. The minimum Gasteiger partial charge on any atom is -0.386 e. The summed E-state index contributed by atoms with van der Waals surface area (Å²) in [6, 6.07) is 9.49. The zero-order chi connectivity index (χ0) is 28.7. The van der Waals surface area contributed by atoms with Crippen LogP contribution < -0.4 is 16.0 Å². The number of aromatic nitrogens is 3. The van der Waals surface area contributed by atoms with Crippen molar-refractivity contribution in [3.05, 3.63) is 71.3 Å². The van der Waals surface area contributed by atoms with E-state index in [0.717, 1.165) is 30.1 Å². The summed E-state index contributed by atoms with van der Waals surface area (Å²) in [5, 5.41) is 9.58.